The van der Waals surface area contributed by atoms with Gasteiger partial charge in [-0.25, -0.2) is 0 Å². The molecule has 0 radical (unpaired) electrons. The quantitative estimate of drug-likeness (QED) is 0.844. The molecule has 20 heavy (non-hydrogen) atoms. The van der Waals surface area contributed by atoms with Crippen LogP contribution >= 0.6 is 0 Å². The number of rotatable bonds is 6. The van der Waals surface area contributed by atoms with Crippen LogP contribution in [0.4, 0.5) is 5.69 Å². The lowest BCUT2D eigenvalue weighted by Gasteiger charge is -2.32. The molecule has 0 spiro atoms. The Morgan fingerprint density at radius 3 is 2.85 bits per heavy atom. The molecule has 3 nitrogen and oxygen atoms in total. The van der Waals surface area contributed by atoms with Crippen molar-refractivity contribution in [3.05, 3.63) is 24.3 Å². The highest BCUT2D eigenvalue weighted by Crippen LogP contribution is 2.26. The smallest absolute Gasteiger partial charge is 0.121 e. The van der Waals surface area contributed by atoms with Crippen molar-refractivity contribution in [2.24, 2.45) is 0 Å². The van der Waals surface area contributed by atoms with E-state index < -0.39 is 0 Å². The van der Waals surface area contributed by atoms with Crippen molar-refractivity contribution in [2.45, 2.75) is 64.2 Å². The Labute approximate surface area is 122 Å². The fourth-order valence-corrected chi connectivity index (χ4v) is 2.73. The topological polar surface area (TPSA) is 30.5 Å². The van der Waals surface area contributed by atoms with Crippen molar-refractivity contribution >= 4 is 5.69 Å². The number of hydrogen-bond donors (Lipinski definition) is 1. The highest BCUT2D eigenvalue weighted by atomic mass is 16.5. The molecule has 0 bridgehead atoms. The highest BCUT2D eigenvalue weighted by molar-refractivity contribution is 5.49. The molecule has 1 aliphatic carbocycles. The Bertz CT molecular complexity index is 408. The Hall–Kier alpha value is -1.22. The van der Waals surface area contributed by atoms with E-state index in [9.17, 15) is 0 Å². The van der Waals surface area contributed by atoms with E-state index in [1.165, 1.54) is 19.3 Å². The summed E-state index contributed by atoms with van der Waals surface area (Å²) in [7, 11) is 1.81. The van der Waals surface area contributed by atoms with E-state index in [4.69, 9.17) is 9.47 Å². The molecule has 1 aliphatic rings. The summed E-state index contributed by atoms with van der Waals surface area (Å²) < 4.78 is 11.5. The van der Waals surface area contributed by atoms with Crippen LogP contribution in [0.3, 0.4) is 0 Å². The van der Waals surface area contributed by atoms with Crippen LogP contribution in [0.15, 0.2) is 24.3 Å². The standard InChI is InChI=1S/C17H27NO2/c1-4-13(2)20-15-9-7-8-14(12-15)18-16-10-5-6-11-17(16)19-3/h7-9,12-13,16-18H,4-6,10-11H2,1-3H3. The van der Waals surface area contributed by atoms with Crippen LogP contribution in [0.5, 0.6) is 5.75 Å². The van der Waals surface area contributed by atoms with Gasteiger partial charge in [-0.05, 0) is 38.3 Å². The number of ether oxygens (including phenoxy) is 2. The Kier molecular flexibility index (Phi) is 5.72. The molecule has 0 aromatic heterocycles. The second-order valence-corrected chi connectivity index (χ2v) is 5.67. The molecule has 3 unspecified atom stereocenters. The monoisotopic (exact) mass is 277 g/mol. The summed E-state index contributed by atoms with van der Waals surface area (Å²) in [6.45, 7) is 4.24. The molecule has 3 heteroatoms. The van der Waals surface area contributed by atoms with Gasteiger partial charge in [-0.2, -0.15) is 0 Å². The molecule has 0 heterocycles. The summed E-state index contributed by atoms with van der Waals surface area (Å²) in [6.07, 6.45) is 6.47. The van der Waals surface area contributed by atoms with Crippen LogP contribution in [0.25, 0.3) is 0 Å². The summed E-state index contributed by atoms with van der Waals surface area (Å²) in [4.78, 5) is 0. The Balaban J connectivity index is 1.99. The summed E-state index contributed by atoms with van der Waals surface area (Å²) >= 11 is 0. The van der Waals surface area contributed by atoms with Gasteiger partial charge in [0.15, 0.2) is 0 Å². The van der Waals surface area contributed by atoms with Gasteiger partial charge < -0.3 is 14.8 Å². The Morgan fingerprint density at radius 2 is 2.10 bits per heavy atom. The zero-order chi connectivity index (χ0) is 14.4. The maximum absolute atomic E-state index is 5.88. The fourth-order valence-electron chi connectivity index (χ4n) is 2.73. The second kappa shape index (κ2) is 7.53. The van der Waals surface area contributed by atoms with E-state index in [0.717, 1.165) is 24.3 Å². The van der Waals surface area contributed by atoms with Gasteiger partial charge in [0.25, 0.3) is 0 Å². The van der Waals surface area contributed by atoms with Crippen molar-refractivity contribution in [1.82, 2.24) is 0 Å². The van der Waals surface area contributed by atoms with E-state index in [1.807, 2.05) is 19.2 Å². The third-order valence-corrected chi connectivity index (χ3v) is 4.10. The van der Waals surface area contributed by atoms with Gasteiger partial charge >= 0.3 is 0 Å². The third kappa shape index (κ3) is 4.14. The van der Waals surface area contributed by atoms with Crippen LogP contribution < -0.4 is 10.1 Å². The van der Waals surface area contributed by atoms with Gasteiger partial charge in [-0.15, -0.1) is 0 Å². The molecule has 1 N–H and O–H groups in total. The van der Waals surface area contributed by atoms with Crippen molar-refractivity contribution in [3.63, 3.8) is 0 Å². The van der Waals surface area contributed by atoms with Gasteiger partial charge in [0.2, 0.25) is 0 Å². The highest BCUT2D eigenvalue weighted by Gasteiger charge is 2.24. The van der Waals surface area contributed by atoms with Crippen LogP contribution in [-0.4, -0.2) is 25.4 Å². The van der Waals surface area contributed by atoms with Crippen molar-refractivity contribution in [3.8, 4) is 5.75 Å². The first kappa shape index (κ1) is 15.2. The lowest BCUT2D eigenvalue weighted by Crippen LogP contribution is -2.37. The third-order valence-electron chi connectivity index (χ3n) is 4.10. The van der Waals surface area contributed by atoms with E-state index in [-0.39, 0.29) is 6.10 Å². The normalized spacial score (nSPS) is 24.1. The van der Waals surface area contributed by atoms with E-state index >= 15 is 0 Å². The number of anilines is 1. The maximum Gasteiger partial charge on any atom is 0.121 e. The van der Waals surface area contributed by atoms with Crippen LogP contribution in [0.2, 0.25) is 0 Å². The van der Waals surface area contributed by atoms with Gasteiger partial charge in [-0.1, -0.05) is 25.8 Å². The molecular formula is C17H27NO2. The lowest BCUT2D eigenvalue weighted by atomic mass is 9.92. The average Bonchev–Trinajstić information content (AvgIpc) is 2.48. The zero-order valence-corrected chi connectivity index (χ0v) is 12.9. The summed E-state index contributed by atoms with van der Waals surface area (Å²) in [5, 5.41) is 3.61. The van der Waals surface area contributed by atoms with Crippen molar-refractivity contribution in [1.29, 1.82) is 0 Å². The minimum Gasteiger partial charge on any atom is -0.491 e. The minimum absolute atomic E-state index is 0.256. The lowest BCUT2D eigenvalue weighted by molar-refractivity contribution is 0.0606. The first-order chi connectivity index (χ1) is 9.72. The summed E-state index contributed by atoms with van der Waals surface area (Å²) in [5.41, 5.74) is 1.12. The molecular weight excluding hydrogens is 250 g/mol. The van der Waals surface area contributed by atoms with Crippen LogP contribution in [0, 0.1) is 0 Å². The first-order valence-electron chi connectivity index (χ1n) is 7.79. The van der Waals surface area contributed by atoms with Gasteiger partial charge in [0, 0.05) is 18.9 Å². The molecule has 112 valence electrons. The largest absolute Gasteiger partial charge is 0.491 e. The first-order valence-corrected chi connectivity index (χ1v) is 7.79. The summed E-state index contributed by atoms with van der Waals surface area (Å²) in [6, 6.07) is 8.67. The van der Waals surface area contributed by atoms with E-state index in [0.29, 0.717) is 12.1 Å². The SMILES string of the molecule is CCC(C)Oc1cccc(NC2CCCCC2OC)c1. The van der Waals surface area contributed by atoms with Gasteiger partial charge in [-0.3, -0.25) is 0 Å². The maximum atomic E-state index is 5.88. The number of nitrogens with one attached hydrogen (secondary N) is 1. The van der Waals surface area contributed by atoms with Crippen molar-refractivity contribution < 1.29 is 9.47 Å². The fraction of sp³-hybridized carbons (Fsp3) is 0.647. The molecule has 3 atom stereocenters. The zero-order valence-electron chi connectivity index (χ0n) is 12.9. The number of methoxy groups -OCH3 is 1. The second-order valence-electron chi connectivity index (χ2n) is 5.67. The van der Waals surface area contributed by atoms with E-state index in [2.05, 4.69) is 31.3 Å². The van der Waals surface area contributed by atoms with Crippen LogP contribution in [-0.2, 0) is 4.74 Å². The van der Waals surface area contributed by atoms with E-state index in [1.54, 1.807) is 0 Å². The van der Waals surface area contributed by atoms with Gasteiger partial charge in [0.05, 0.1) is 18.2 Å². The Morgan fingerprint density at radius 1 is 1.30 bits per heavy atom. The number of benzene rings is 1. The molecule has 1 fully saturated rings. The molecule has 1 aromatic carbocycles. The predicted octanol–water partition coefficient (Wildman–Crippen LogP) is 4.23. The molecule has 2 rings (SSSR count). The van der Waals surface area contributed by atoms with Crippen LogP contribution in [0.1, 0.15) is 46.0 Å². The number of hydrogen-bond acceptors (Lipinski definition) is 3. The molecule has 1 aromatic rings. The average molecular weight is 277 g/mol. The molecule has 0 aliphatic heterocycles. The van der Waals surface area contributed by atoms with Crippen molar-refractivity contribution in [2.75, 3.05) is 12.4 Å². The molecule has 1 saturated carbocycles. The summed E-state index contributed by atoms with van der Waals surface area (Å²) in [5.74, 6) is 0.939. The molecule has 0 amide bonds. The minimum atomic E-state index is 0.256. The predicted molar refractivity (Wildman–Crippen MR) is 83.5 cm³/mol. The molecule has 0 saturated heterocycles. The van der Waals surface area contributed by atoms with Gasteiger partial charge in [0.1, 0.15) is 5.75 Å².